The number of rotatable bonds is 12. The fraction of sp³-hybridized carbons (Fsp3) is 0.611. The molecule has 1 aromatic heterocycles. The molecule has 0 radical (unpaired) electrons. The lowest BCUT2D eigenvalue weighted by atomic mass is 9.76. The van der Waals surface area contributed by atoms with Crippen LogP contribution in [0.15, 0.2) is 54.9 Å². The van der Waals surface area contributed by atoms with Crippen molar-refractivity contribution >= 4 is 19.6 Å². The van der Waals surface area contributed by atoms with E-state index in [0.717, 1.165) is 49.8 Å². The number of aromatic nitrogens is 1. The van der Waals surface area contributed by atoms with Crippen LogP contribution in [0.1, 0.15) is 97.0 Å². The number of benzene rings is 1. The SMILES string of the molecule is COc1ccc(/C=C/C(=O)O[C@H](c2cccnc2)P(=O)(O[C@@H]2C[C@H](C(C)C)CC[C@@H]2C)O[C@@H]2C[C@H](C(C)C)CC[C@@H]2C)cc1. The molecule has 2 aliphatic rings. The number of methoxy groups -OCH3 is 1. The summed E-state index contributed by atoms with van der Waals surface area (Å²) in [5.74, 6) is 1.18. The van der Waals surface area contributed by atoms with Crippen LogP contribution < -0.4 is 4.74 Å². The first-order valence-corrected chi connectivity index (χ1v) is 18.0. The van der Waals surface area contributed by atoms with Crippen LogP contribution in [0.25, 0.3) is 6.08 Å². The van der Waals surface area contributed by atoms with Crippen LogP contribution in [-0.2, 0) is 23.1 Å². The maximum absolute atomic E-state index is 15.4. The third-order valence-corrected chi connectivity index (χ3v) is 11.9. The second kappa shape index (κ2) is 15.7. The van der Waals surface area contributed by atoms with Gasteiger partial charge in [0.25, 0.3) is 0 Å². The van der Waals surface area contributed by atoms with Crippen LogP contribution in [0.5, 0.6) is 5.75 Å². The van der Waals surface area contributed by atoms with Crippen LogP contribution in [0.3, 0.4) is 0 Å². The molecular weight excluding hydrogens is 573 g/mol. The largest absolute Gasteiger partial charge is 0.497 e. The first kappa shape index (κ1) is 34.4. The van der Waals surface area contributed by atoms with E-state index in [1.165, 1.54) is 6.08 Å². The molecule has 4 rings (SSSR count). The van der Waals surface area contributed by atoms with Crippen molar-refractivity contribution < 1.29 is 27.9 Å². The van der Waals surface area contributed by atoms with Crippen LogP contribution in [0.2, 0.25) is 0 Å². The first-order chi connectivity index (χ1) is 21.0. The maximum Gasteiger partial charge on any atom is 0.376 e. The Balaban J connectivity index is 1.68. The van der Waals surface area contributed by atoms with Gasteiger partial charge in [-0.1, -0.05) is 59.7 Å². The molecule has 7 nitrogen and oxygen atoms in total. The molecule has 0 saturated heterocycles. The lowest BCUT2D eigenvalue weighted by molar-refractivity contribution is -0.141. The van der Waals surface area contributed by atoms with Gasteiger partial charge in [0.2, 0.25) is 5.85 Å². The van der Waals surface area contributed by atoms with E-state index in [0.29, 0.717) is 29.2 Å². The molecule has 2 aliphatic carbocycles. The van der Waals surface area contributed by atoms with Crippen molar-refractivity contribution in [3.8, 4) is 5.75 Å². The van der Waals surface area contributed by atoms with Gasteiger partial charge in [0, 0.05) is 24.0 Å². The summed E-state index contributed by atoms with van der Waals surface area (Å²) in [5.41, 5.74) is 1.30. The summed E-state index contributed by atoms with van der Waals surface area (Å²) in [6, 6.07) is 10.9. The topological polar surface area (TPSA) is 84.0 Å². The maximum atomic E-state index is 15.4. The Morgan fingerprint density at radius 2 is 1.45 bits per heavy atom. The fourth-order valence-electron chi connectivity index (χ4n) is 6.51. The normalized spacial score (nSPS) is 27.0. The summed E-state index contributed by atoms with van der Waals surface area (Å²) in [6.07, 6.45) is 11.5. The third-order valence-electron chi connectivity index (χ3n) is 9.79. The molecule has 0 amide bonds. The van der Waals surface area contributed by atoms with Gasteiger partial charge in [0.15, 0.2) is 0 Å². The molecule has 7 atom stereocenters. The van der Waals surface area contributed by atoms with Gasteiger partial charge in [-0.15, -0.1) is 0 Å². The number of carbonyl (C=O) groups is 1. The summed E-state index contributed by atoms with van der Waals surface area (Å²) in [7, 11) is -2.46. The van der Waals surface area contributed by atoms with Gasteiger partial charge in [0.05, 0.1) is 19.3 Å². The molecule has 0 bridgehead atoms. The van der Waals surface area contributed by atoms with Crippen LogP contribution in [-0.4, -0.2) is 30.3 Å². The highest BCUT2D eigenvalue weighted by Gasteiger charge is 2.48. The average Bonchev–Trinajstić information content (AvgIpc) is 3.01. The van der Waals surface area contributed by atoms with E-state index in [-0.39, 0.29) is 24.0 Å². The van der Waals surface area contributed by atoms with E-state index in [1.807, 2.05) is 24.3 Å². The third kappa shape index (κ3) is 9.05. The molecule has 0 aliphatic heterocycles. The molecule has 1 heterocycles. The van der Waals surface area contributed by atoms with Crippen molar-refractivity contribution in [2.45, 2.75) is 98.1 Å². The molecule has 0 spiro atoms. The zero-order chi connectivity index (χ0) is 31.9. The monoisotopic (exact) mass is 625 g/mol. The van der Waals surface area contributed by atoms with Gasteiger partial charge in [-0.2, -0.15) is 0 Å². The zero-order valence-corrected chi connectivity index (χ0v) is 28.5. The Labute approximate surface area is 264 Å². The Morgan fingerprint density at radius 3 is 1.93 bits per heavy atom. The van der Waals surface area contributed by atoms with Crippen LogP contribution >= 0.6 is 7.60 Å². The number of ether oxygens (including phenoxy) is 2. The van der Waals surface area contributed by atoms with Crippen molar-refractivity contribution in [1.29, 1.82) is 0 Å². The van der Waals surface area contributed by atoms with Gasteiger partial charge in [-0.05, 0) is 104 Å². The average molecular weight is 626 g/mol. The van der Waals surface area contributed by atoms with Crippen molar-refractivity contribution in [3.05, 3.63) is 66.0 Å². The van der Waals surface area contributed by atoms with E-state index in [9.17, 15) is 4.79 Å². The van der Waals surface area contributed by atoms with Gasteiger partial charge in [0.1, 0.15) is 5.75 Å². The summed E-state index contributed by atoms with van der Waals surface area (Å²) in [4.78, 5) is 17.7. The highest BCUT2D eigenvalue weighted by Crippen LogP contribution is 2.65. The lowest BCUT2D eigenvalue weighted by Crippen LogP contribution is -2.35. The molecule has 2 fully saturated rings. The minimum absolute atomic E-state index is 0.203. The predicted octanol–water partition coefficient (Wildman–Crippen LogP) is 9.49. The minimum Gasteiger partial charge on any atom is -0.497 e. The van der Waals surface area contributed by atoms with E-state index in [2.05, 4.69) is 46.5 Å². The summed E-state index contributed by atoms with van der Waals surface area (Å²) >= 11 is 0. The number of hydrogen-bond donors (Lipinski definition) is 0. The molecule has 0 unspecified atom stereocenters. The number of hydrogen-bond acceptors (Lipinski definition) is 7. The highest BCUT2D eigenvalue weighted by molar-refractivity contribution is 7.54. The molecule has 2 saturated carbocycles. The van der Waals surface area contributed by atoms with Gasteiger partial charge in [-0.25, -0.2) is 4.79 Å². The molecule has 8 heteroatoms. The quantitative estimate of drug-likeness (QED) is 0.132. The van der Waals surface area contributed by atoms with Crippen LogP contribution in [0.4, 0.5) is 0 Å². The van der Waals surface area contributed by atoms with Gasteiger partial charge in [-0.3, -0.25) is 9.55 Å². The second-order valence-electron chi connectivity index (χ2n) is 13.6. The minimum atomic E-state index is -4.07. The lowest BCUT2D eigenvalue weighted by Gasteiger charge is -2.42. The second-order valence-corrected chi connectivity index (χ2v) is 15.6. The number of nitrogens with zero attached hydrogens (tertiary/aromatic N) is 1. The van der Waals surface area contributed by atoms with Crippen LogP contribution in [0, 0.1) is 35.5 Å². The molecular formula is C36H52NO6P. The fourth-order valence-corrected chi connectivity index (χ4v) is 8.87. The number of esters is 1. The Bertz CT molecular complexity index is 1230. The Hall–Kier alpha value is -2.47. The van der Waals surface area contributed by atoms with E-state index in [1.54, 1.807) is 37.7 Å². The van der Waals surface area contributed by atoms with Crippen molar-refractivity contribution in [1.82, 2.24) is 4.98 Å². The van der Waals surface area contributed by atoms with E-state index < -0.39 is 19.4 Å². The zero-order valence-electron chi connectivity index (χ0n) is 27.6. The Kier molecular flexibility index (Phi) is 12.3. The molecule has 2 aromatic rings. The number of pyridine rings is 1. The summed E-state index contributed by atoms with van der Waals surface area (Å²) in [5, 5.41) is 0. The number of carbonyl (C=O) groups excluding carboxylic acids is 1. The summed E-state index contributed by atoms with van der Waals surface area (Å²) < 4.78 is 40.1. The van der Waals surface area contributed by atoms with Crippen molar-refractivity contribution in [2.24, 2.45) is 35.5 Å². The predicted molar refractivity (Wildman–Crippen MR) is 175 cm³/mol. The first-order valence-electron chi connectivity index (χ1n) is 16.4. The summed E-state index contributed by atoms with van der Waals surface area (Å²) in [6.45, 7) is 13.3. The molecule has 0 N–H and O–H groups in total. The van der Waals surface area contributed by atoms with Crippen molar-refractivity contribution in [2.75, 3.05) is 7.11 Å². The highest BCUT2D eigenvalue weighted by atomic mass is 31.2. The smallest absolute Gasteiger partial charge is 0.376 e. The Morgan fingerprint density at radius 1 is 0.886 bits per heavy atom. The molecule has 1 aromatic carbocycles. The van der Waals surface area contributed by atoms with E-state index >= 15 is 4.57 Å². The van der Waals surface area contributed by atoms with Gasteiger partial charge >= 0.3 is 13.6 Å². The standard InChI is InChI=1S/C36H52NO6P/c1-24(2)29-15-10-26(5)33(21-29)42-44(39,43-34-22-30(25(3)4)16-11-27(34)6)36(31-9-8-20-37-23-31)41-35(38)19-14-28-12-17-32(40-7)18-13-28/h8-9,12-14,17-20,23-27,29-30,33-34,36H,10-11,15-16,21-22H2,1-7H3/b19-14+/t26-,27-,29+,30+,33+,34+,36-/m0/s1. The molecule has 242 valence electrons. The molecule has 44 heavy (non-hydrogen) atoms. The van der Waals surface area contributed by atoms with Crippen molar-refractivity contribution in [3.63, 3.8) is 0 Å². The van der Waals surface area contributed by atoms with E-state index in [4.69, 9.17) is 18.5 Å². The van der Waals surface area contributed by atoms with Gasteiger partial charge < -0.3 is 18.5 Å².